The fraction of sp³-hybridized carbons (Fsp3) is 0.381. The van der Waals surface area contributed by atoms with Crippen LogP contribution in [0.3, 0.4) is 0 Å². The zero-order chi connectivity index (χ0) is 18.6. The number of anilines is 2. The maximum absolute atomic E-state index is 14.1. The number of hydrogen-bond donors (Lipinski definition) is 2. The molecule has 1 saturated heterocycles. The molecule has 142 valence electrons. The zero-order valence-corrected chi connectivity index (χ0v) is 15.3. The van der Waals surface area contributed by atoms with Gasteiger partial charge in [-0.15, -0.1) is 0 Å². The quantitative estimate of drug-likeness (QED) is 0.875. The predicted octanol–water partition coefficient (Wildman–Crippen LogP) is 3.11. The number of para-hydroxylation sites is 2. The predicted molar refractivity (Wildman–Crippen MR) is 106 cm³/mol. The minimum Gasteiger partial charge on any atom is -0.364 e. The number of fused-ring (bicyclic) bond motifs is 1. The third kappa shape index (κ3) is 3.90. The molecule has 2 aromatic rings. The van der Waals surface area contributed by atoms with Crippen molar-refractivity contribution in [2.24, 2.45) is 0 Å². The normalized spacial score (nSPS) is 17.5. The van der Waals surface area contributed by atoms with Gasteiger partial charge in [0.15, 0.2) is 0 Å². The Balaban J connectivity index is 1.52. The molecule has 0 bridgehead atoms. The number of piperidine rings is 1. The maximum Gasteiger partial charge on any atom is 0.322 e. The molecule has 0 saturated carbocycles. The van der Waals surface area contributed by atoms with Gasteiger partial charge in [-0.1, -0.05) is 30.3 Å². The highest BCUT2D eigenvalue weighted by molar-refractivity contribution is 5.97. The van der Waals surface area contributed by atoms with E-state index in [1.165, 1.54) is 6.07 Å². The van der Waals surface area contributed by atoms with E-state index in [-0.39, 0.29) is 17.9 Å². The number of amides is 2. The van der Waals surface area contributed by atoms with Crippen molar-refractivity contribution >= 4 is 17.4 Å². The van der Waals surface area contributed by atoms with Crippen LogP contribution in [-0.4, -0.2) is 38.3 Å². The zero-order valence-electron chi connectivity index (χ0n) is 15.3. The van der Waals surface area contributed by atoms with E-state index < -0.39 is 0 Å². The van der Waals surface area contributed by atoms with Gasteiger partial charge in [0.1, 0.15) is 5.82 Å². The number of hydrogen-bond acceptors (Lipinski definition) is 3. The number of halogens is 1. The summed E-state index contributed by atoms with van der Waals surface area (Å²) in [6.45, 7) is 3.64. The van der Waals surface area contributed by atoms with Crippen molar-refractivity contribution < 1.29 is 9.18 Å². The van der Waals surface area contributed by atoms with Crippen LogP contribution in [0, 0.1) is 5.82 Å². The van der Waals surface area contributed by atoms with Crippen molar-refractivity contribution in [2.75, 3.05) is 36.0 Å². The number of carbonyl (C=O) groups excluding carboxylic acids is 1. The third-order valence-electron chi connectivity index (χ3n) is 5.34. The molecule has 0 spiro atoms. The van der Waals surface area contributed by atoms with Gasteiger partial charge < -0.3 is 15.5 Å². The van der Waals surface area contributed by atoms with Crippen molar-refractivity contribution in [2.45, 2.75) is 25.4 Å². The van der Waals surface area contributed by atoms with Gasteiger partial charge in [-0.25, -0.2) is 9.18 Å². The summed E-state index contributed by atoms with van der Waals surface area (Å²) in [5.74, 6) is -0.193. The molecule has 1 fully saturated rings. The van der Waals surface area contributed by atoms with Gasteiger partial charge in [-0.3, -0.25) is 4.90 Å². The summed E-state index contributed by atoms with van der Waals surface area (Å²) in [4.78, 5) is 16.8. The Labute approximate surface area is 159 Å². The van der Waals surface area contributed by atoms with Crippen LogP contribution in [-0.2, 0) is 6.54 Å². The Morgan fingerprint density at radius 1 is 1.04 bits per heavy atom. The first-order valence-corrected chi connectivity index (χ1v) is 9.58. The second-order valence-corrected chi connectivity index (χ2v) is 7.13. The van der Waals surface area contributed by atoms with Crippen molar-refractivity contribution in [3.63, 3.8) is 0 Å². The van der Waals surface area contributed by atoms with Crippen LogP contribution in [0.1, 0.15) is 18.4 Å². The molecule has 2 amide bonds. The van der Waals surface area contributed by atoms with Crippen LogP contribution in [0.5, 0.6) is 0 Å². The first-order valence-electron chi connectivity index (χ1n) is 9.58. The lowest BCUT2D eigenvalue weighted by Gasteiger charge is -2.38. The average molecular weight is 368 g/mol. The van der Waals surface area contributed by atoms with Crippen LogP contribution in [0.2, 0.25) is 0 Å². The first kappa shape index (κ1) is 17.8. The Bertz CT molecular complexity index is 806. The fourth-order valence-corrected chi connectivity index (χ4v) is 3.85. The number of carbonyl (C=O) groups is 1. The summed E-state index contributed by atoms with van der Waals surface area (Å²) in [5.41, 5.74) is 2.51. The molecular weight excluding hydrogens is 343 g/mol. The average Bonchev–Trinajstić information content (AvgIpc) is 2.70. The highest BCUT2D eigenvalue weighted by Crippen LogP contribution is 2.34. The summed E-state index contributed by atoms with van der Waals surface area (Å²) in [6, 6.07) is 14.9. The first-order chi connectivity index (χ1) is 13.2. The summed E-state index contributed by atoms with van der Waals surface area (Å²) in [7, 11) is 0. The Morgan fingerprint density at radius 3 is 2.52 bits per heavy atom. The van der Waals surface area contributed by atoms with Crippen LogP contribution in [0.25, 0.3) is 0 Å². The molecule has 4 rings (SSSR count). The molecule has 2 heterocycles. The molecule has 0 radical (unpaired) electrons. The molecule has 2 aliphatic heterocycles. The second kappa shape index (κ2) is 7.96. The van der Waals surface area contributed by atoms with E-state index in [1.807, 2.05) is 41.3 Å². The van der Waals surface area contributed by atoms with Gasteiger partial charge in [0.2, 0.25) is 0 Å². The van der Waals surface area contributed by atoms with Crippen LogP contribution in [0.4, 0.5) is 20.6 Å². The SMILES string of the molecule is O=C(NC1CCNCC1)N1CCN(Cc2ccccc2F)c2ccccc21. The van der Waals surface area contributed by atoms with Crippen LogP contribution in [0.15, 0.2) is 48.5 Å². The number of nitrogens with zero attached hydrogens (tertiary/aromatic N) is 2. The minimum absolute atomic E-state index is 0.0418. The van der Waals surface area contributed by atoms with E-state index in [9.17, 15) is 9.18 Å². The largest absolute Gasteiger partial charge is 0.364 e. The van der Waals surface area contributed by atoms with Gasteiger partial charge in [0.05, 0.1) is 11.4 Å². The standard InChI is InChI=1S/C21H25FN4O/c22-18-6-2-1-5-16(18)15-25-13-14-26(20-8-4-3-7-19(20)25)21(27)24-17-9-11-23-12-10-17/h1-8,17,23H,9-15H2,(H,24,27). The highest BCUT2D eigenvalue weighted by Gasteiger charge is 2.28. The van der Waals surface area contributed by atoms with E-state index in [4.69, 9.17) is 0 Å². The van der Waals surface area contributed by atoms with E-state index in [1.54, 1.807) is 6.07 Å². The summed E-state index contributed by atoms with van der Waals surface area (Å²) in [5, 5.41) is 6.49. The molecule has 6 heteroatoms. The number of urea groups is 1. The van der Waals surface area contributed by atoms with Gasteiger partial charge in [0, 0.05) is 31.2 Å². The van der Waals surface area contributed by atoms with E-state index in [2.05, 4.69) is 15.5 Å². The number of rotatable bonds is 3. The van der Waals surface area contributed by atoms with Gasteiger partial charge >= 0.3 is 6.03 Å². The third-order valence-corrected chi connectivity index (χ3v) is 5.34. The topological polar surface area (TPSA) is 47.6 Å². The Morgan fingerprint density at radius 2 is 1.74 bits per heavy atom. The van der Waals surface area contributed by atoms with Crippen LogP contribution >= 0.6 is 0 Å². The fourth-order valence-electron chi connectivity index (χ4n) is 3.85. The van der Waals surface area contributed by atoms with Crippen molar-refractivity contribution in [1.29, 1.82) is 0 Å². The van der Waals surface area contributed by atoms with E-state index in [0.29, 0.717) is 25.2 Å². The number of nitrogens with one attached hydrogen (secondary N) is 2. The molecule has 2 N–H and O–H groups in total. The molecule has 2 aromatic carbocycles. The smallest absolute Gasteiger partial charge is 0.322 e. The molecular formula is C21H25FN4O. The van der Waals surface area contributed by atoms with E-state index in [0.717, 1.165) is 37.3 Å². The lowest BCUT2D eigenvalue weighted by atomic mass is 10.1. The van der Waals surface area contributed by atoms with Crippen molar-refractivity contribution in [3.05, 3.63) is 59.9 Å². The molecule has 27 heavy (non-hydrogen) atoms. The van der Waals surface area contributed by atoms with Gasteiger partial charge in [-0.2, -0.15) is 0 Å². The Hall–Kier alpha value is -2.60. The highest BCUT2D eigenvalue weighted by atomic mass is 19.1. The molecule has 0 atom stereocenters. The lowest BCUT2D eigenvalue weighted by molar-refractivity contribution is 0.239. The van der Waals surface area contributed by atoms with E-state index >= 15 is 0 Å². The summed E-state index contributed by atoms with van der Waals surface area (Å²) < 4.78 is 14.1. The summed E-state index contributed by atoms with van der Waals surface area (Å²) >= 11 is 0. The van der Waals surface area contributed by atoms with Gasteiger partial charge in [-0.05, 0) is 44.1 Å². The number of benzene rings is 2. The van der Waals surface area contributed by atoms with Crippen LogP contribution < -0.4 is 20.4 Å². The second-order valence-electron chi connectivity index (χ2n) is 7.13. The monoisotopic (exact) mass is 368 g/mol. The van der Waals surface area contributed by atoms with Crippen molar-refractivity contribution in [3.8, 4) is 0 Å². The molecule has 5 nitrogen and oxygen atoms in total. The molecule has 0 aliphatic carbocycles. The molecule has 2 aliphatic rings. The molecule has 0 unspecified atom stereocenters. The van der Waals surface area contributed by atoms with Gasteiger partial charge in [0.25, 0.3) is 0 Å². The maximum atomic E-state index is 14.1. The lowest BCUT2D eigenvalue weighted by Crippen LogP contribution is -2.52. The minimum atomic E-state index is -0.193. The summed E-state index contributed by atoms with van der Waals surface area (Å²) in [6.07, 6.45) is 1.92. The Kier molecular flexibility index (Phi) is 5.25. The van der Waals surface area contributed by atoms with Crippen molar-refractivity contribution in [1.82, 2.24) is 10.6 Å². The molecule has 0 aromatic heterocycles.